The van der Waals surface area contributed by atoms with Gasteiger partial charge in [-0.05, 0) is 36.3 Å². The van der Waals surface area contributed by atoms with Crippen molar-refractivity contribution in [2.45, 2.75) is 31.3 Å². The quantitative estimate of drug-likeness (QED) is 0.655. The number of hydrogen-bond acceptors (Lipinski definition) is 4. The number of carbonyl (C=O) groups excluding carboxylic acids is 2. The van der Waals surface area contributed by atoms with Crippen LogP contribution in [0.4, 0.5) is 4.79 Å². The Balaban J connectivity index is 1.23. The van der Waals surface area contributed by atoms with Gasteiger partial charge in [-0.2, -0.15) is 0 Å². The molecule has 3 N–H and O–H groups in total. The van der Waals surface area contributed by atoms with E-state index in [-0.39, 0.29) is 29.7 Å². The topological polar surface area (TPSA) is 91.0 Å². The molecular formula is C29H33N5O2. The van der Waals surface area contributed by atoms with E-state index in [1.165, 1.54) is 0 Å². The monoisotopic (exact) mass is 483 g/mol. The summed E-state index contributed by atoms with van der Waals surface area (Å²) >= 11 is 0. The second-order valence-corrected chi connectivity index (χ2v) is 9.75. The summed E-state index contributed by atoms with van der Waals surface area (Å²) in [6, 6.07) is 19.6. The maximum Gasteiger partial charge on any atom is 0.317 e. The van der Waals surface area contributed by atoms with Crippen LogP contribution in [0.2, 0.25) is 0 Å². The fraction of sp³-hybridized carbons (Fsp3) is 0.345. The van der Waals surface area contributed by atoms with E-state index in [0.29, 0.717) is 26.2 Å². The molecule has 3 aliphatic rings. The van der Waals surface area contributed by atoms with Crippen LogP contribution in [0, 0.1) is 11.8 Å². The average molecular weight is 484 g/mol. The Morgan fingerprint density at radius 1 is 1.03 bits per heavy atom. The summed E-state index contributed by atoms with van der Waals surface area (Å²) in [5.41, 5.74) is 7.33. The predicted octanol–water partition coefficient (Wildman–Crippen LogP) is 3.79. The van der Waals surface area contributed by atoms with E-state index in [9.17, 15) is 9.59 Å². The van der Waals surface area contributed by atoms with Crippen molar-refractivity contribution < 1.29 is 9.59 Å². The first kappa shape index (κ1) is 23.9. The summed E-state index contributed by atoms with van der Waals surface area (Å²) in [7, 11) is 0. The molecule has 0 radical (unpaired) electrons. The number of piperidine rings is 1. The molecule has 3 amide bonds. The number of nitrogens with zero attached hydrogens (tertiary/aromatic N) is 3. The number of urea groups is 1. The highest BCUT2D eigenvalue weighted by Crippen LogP contribution is 2.43. The van der Waals surface area contributed by atoms with Gasteiger partial charge >= 0.3 is 6.03 Å². The lowest BCUT2D eigenvalue weighted by Crippen LogP contribution is -2.50. The zero-order chi connectivity index (χ0) is 25.0. The van der Waals surface area contributed by atoms with Gasteiger partial charge in [0.05, 0.1) is 0 Å². The molecule has 2 unspecified atom stereocenters. The van der Waals surface area contributed by atoms with Crippen LogP contribution in [-0.2, 0) is 16.9 Å². The van der Waals surface area contributed by atoms with E-state index < -0.39 is 5.54 Å². The first-order valence-corrected chi connectivity index (χ1v) is 12.7. The molecule has 2 heterocycles. The van der Waals surface area contributed by atoms with Crippen molar-refractivity contribution in [3.63, 3.8) is 0 Å². The second kappa shape index (κ2) is 10.4. The van der Waals surface area contributed by atoms with Crippen molar-refractivity contribution in [1.82, 2.24) is 15.1 Å². The number of rotatable bonds is 6. The molecule has 5 rings (SSSR count). The standard InChI is InChI=1S/C29H33N5O2/c30-27-32-29(24-12-6-2-7-13-24,25-14-8-3-9-15-25)26(35)34(27)21-23-16-18-33(19-17-23)28(36)31-20-22-10-4-1-5-11-22/h1-14,23,25H,15-21H2,(H2,30,32)(H,31,36). The van der Waals surface area contributed by atoms with Gasteiger partial charge in [0, 0.05) is 32.1 Å². The van der Waals surface area contributed by atoms with E-state index in [1.807, 2.05) is 77.7 Å². The number of allylic oxidation sites excluding steroid dienone is 3. The summed E-state index contributed by atoms with van der Waals surface area (Å²) in [4.78, 5) is 35.0. The fourth-order valence-corrected chi connectivity index (χ4v) is 5.46. The van der Waals surface area contributed by atoms with Crippen LogP contribution in [0.5, 0.6) is 0 Å². The second-order valence-electron chi connectivity index (χ2n) is 9.75. The summed E-state index contributed by atoms with van der Waals surface area (Å²) in [5.74, 6) is 0.402. The van der Waals surface area contributed by atoms with Gasteiger partial charge in [0.15, 0.2) is 11.5 Å². The molecular weight excluding hydrogens is 450 g/mol. The molecule has 2 atom stereocenters. The molecule has 0 saturated carbocycles. The van der Waals surface area contributed by atoms with Crippen LogP contribution in [0.25, 0.3) is 0 Å². The Morgan fingerprint density at radius 3 is 2.39 bits per heavy atom. The van der Waals surface area contributed by atoms with Gasteiger partial charge in [0.2, 0.25) is 0 Å². The van der Waals surface area contributed by atoms with Gasteiger partial charge in [0.25, 0.3) is 5.91 Å². The Labute approximate surface area is 212 Å². The van der Waals surface area contributed by atoms with Gasteiger partial charge < -0.3 is 16.0 Å². The van der Waals surface area contributed by atoms with E-state index in [2.05, 4.69) is 17.5 Å². The van der Waals surface area contributed by atoms with E-state index in [1.54, 1.807) is 4.90 Å². The zero-order valence-electron chi connectivity index (χ0n) is 20.4. The number of guanidine groups is 1. The smallest absolute Gasteiger partial charge is 0.317 e. The Kier molecular flexibility index (Phi) is 6.89. The molecule has 1 fully saturated rings. The Bertz CT molecular complexity index is 1170. The fourth-order valence-electron chi connectivity index (χ4n) is 5.46. The molecule has 36 heavy (non-hydrogen) atoms. The highest BCUT2D eigenvalue weighted by atomic mass is 16.2. The lowest BCUT2D eigenvalue weighted by molar-refractivity contribution is -0.133. The molecule has 1 saturated heterocycles. The van der Waals surface area contributed by atoms with Gasteiger partial charge in [-0.15, -0.1) is 0 Å². The lowest BCUT2D eigenvalue weighted by atomic mass is 9.75. The van der Waals surface area contributed by atoms with E-state index in [4.69, 9.17) is 10.7 Å². The molecule has 7 heteroatoms. The van der Waals surface area contributed by atoms with Crippen LogP contribution in [-0.4, -0.2) is 47.3 Å². The van der Waals surface area contributed by atoms with Crippen molar-refractivity contribution in [2.24, 2.45) is 22.6 Å². The number of nitrogens with two attached hydrogens (primary N) is 1. The van der Waals surface area contributed by atoms with Crippen LogP contribution in [0.3, 0.4) is 0 Å². The van der Waals surface area contributed by atoms with Gasteiger partial charge in [-0.1, -0.05) is 85.0 Å². The third-order valence-electron chi connectivity index (χ3n) is 7.50. The van der Waals surface area contributed by atoms with Crippen LogP contribution in [0.1, 0.15) is 30.4 Å². The average Bonchev–Trinajstić information content (AvgIpc) is 3.19. The Hall–Kier alpha value is -3.87. The minimum Gasteiger partial charge on any atom is -0.369 e. The summed E-state index contributed by atoms with van der Waals surface area (Å²) in [6.07, 6.45) is 10.5. The van der Waals surface area contributed by atoms with E-state index >= 15 is 0 Å². The zero-order valence-corrected chi connectivity index (χ0v) is 20.4. The SMILES string of the molecule is NC1=NC(c2ccccc2)(C2C=CC=CC2)C(=O)N1CC1CCN(C(=O)NCc2ccccc2)CC1. The number of nitrogens with one attached hydrogen (secondary N) is 1. The van der Waals surface area contributed by atoms with Crippen molar-refractivity contribution in [1.29, 1.82) is 0 Å². The number of likely N-dealkylation sites (tertiary alicyclic amines) is 1. The number of benzene rings is 2. The summed E-state index contributed by atoms with van der Waals surface area (Å²) in [5, 5.41) is 3.01. The highest BCUT2D eigenvalue weighted by molar-refractivity contribution is 6.07. The number of aliphatic imine (C=N–C) groups is 1. The van der Waals surface area contributed by atoms with Gasteiger partial charge in [-0.3, -0.25) is 9.69 Å². The van der Waals surface area contributed by atoms with Gasteiger partial charge in [0.1, 0.15) is 0 Å². The minimum atomic E-state index is -1.04. The van der Waals surface area contributed by atoms with Crippen molar-refractivity contribution in [3.05, 3.63) is 96.1 Å². The molecule has 0 aromatic heterocycles. The third-order valence-corrected chi connectivity index (χ3v) is 7.50. The van der Waals surface area contributed by atoms with Crippen LogP contribution < -0.4 is 11.1 Å². The molecule has 7 nitrogen and oxygen atoms in total. The minimum absolute atomic E-state index is 0.0455. The molecule has 0 spiro atoms. The largest absolute Gasteiger partial charge is 0.369 e. The molecule has 0 bridgehead atoms. The molecule has 2 aromatic rings. The number of amides is 3. The molecule has 186 valence electrons. The highest BCUT2D eigenvalue weighted by Gasteiger charge is 2.53. The maximum atomic E-state index is 14.0. The normalized spacial score (nSPS) is 24.2. The van der Waals surface area contributed by atoms with Crippen LogP contribution >= 0.6 is 0 Å². The van der Waals surface area contributed by atoms with Crippen molar-refractivity contribution >= 4 is 17.9 Å². The third kappa shape index (κ3) is 4.65. The van der Waals surface area contributed by atoms with E-state index in [0.717, 1.165) is 30.4 Å². The summed E-state index contributed by atoms with van der Waals surface area (Å²) in [6.45, 7) is 2.35. The number of carbonyl (C=O) groups is 2. The first-order chi connectivity index (χ1) is 17.6. The van der Waals surface area contributed by atoms with Crippen LogP contribution in [0.15, 0.2) is 90.0 Å². The summed E-state index contributed by atoms with van der Waals surface area (Å²) < 4.78 is 0. The molecule has 2 aromatic carbocycles. The lowest BCUT2D eigenvalue weighted by Gasteiger charge is -2.36. The maximum absolute atomic E-state index is 14.0. The van der Waals surface area contributed by atoms with Gasteiger partial charge in [-0.25, -0.2) is 9.79 Å². The predicted molar refractivity (Wildman–Crippen MR) is 141 cm³/mol. The molecule has 1 aliphatic carbocycles. The Morgan fingerprint density at radius 2 is 1.72 bits per heavy atom. The van der Waals surface area contributed by atoms with Crippen molar-refractivity contribution in [3.8, 4) is 0 Å². The molecule has 2 aliphatic heterocycles. The number of hydrogen-bond donors (Lipinski definition) is 2. The van der Waals surface area contributed by atoms with Crippen molar-refractivity contribution in [2.75, 3.05) is 19.6 Å². The first-order valence-electron chi connectivity index (χ1n) is 12.7.